The summed E-state index contributed by atoms with van der Waals surface area (Å²) in [5.41, 5.74) is 2.23. The number of rotatable bonds is 2. The molecule has 1 fully saturated rings. The minimum Gasteiger partial charge on any atom is -0.370 e. The number of ketones is 1. The van der Waals surface area contributed by atoms with Crippen LogP contribution in [0, 0.1) is 0 Å². The van der Waals surface area contributed by atoms with Gasteiger partial charge in [0.2, 0.25) is 0 Å². The third kappa shape index (κ3) is 1.93. The number of nitrogens with one attached hydrogen (secondary N) is 1. The van der Waals surface area contributed by atoms with Crippen LogP contribution in [0.3, 0.4) is 0 Å². The maximum absolute atomic E-state index is 12.2. The molecule has 1 atom stereocenters. The van der Waals surface area contributed by atoms with Gasteiger partial charge in [0, 0.05) is 24.3 Å². The molecule has 0 aromatic heterocycles. The van der Waals surface area contributed by atoms with Crippen molar-refractivity contribution < 1.29 is 14.3 Å². The quantitative estimate of drug-likeness (QED) is 0.800. The fourth-order valence-electron chi connectivity index (χ4n) is 2.54. The van der Waals surface area contributed by atoms with Crippen molar-refractivity contribution in [2.24, 2.45) is 0 Å². The minimum absolute atomic E-state index is 0.00586. The number of Topliss-reactive ketones (excluding diaryl/α,β-unsaturated/α-hetero) is 1. The fraction of sp³-hybridized carbons (Fsp3) is 0.429. The summed E-state index contributed by atoms with van der Waals surface area (Å²) in [5.74, 6) is -0.0908. The molecule has 94 valence electrons. The van der Waals surface area contributed by atoms with Gasteiger partial charge < -0.3 is 10.1 Å². The Kier molecular flexibility index (Phi) is 2.88. The van der Waals surface area contributed by atoms with E-state index in [2.05, 4.69) is 5.32 Å². The molecular formula is C14H15NO3. The molecule has 1 N–H and O–H groups in total. The van der Waals surface area contributed by atoms with Crippen LogP contribution >= 0.6 is 0 Å². The van der Waals surface area contributed by atoms with E-state index >= 15 is 0 Å². The molecule has 0 bridgehead atoms. The summed E-state index contributed by atoms with van der Waals surface area (Å²) in [5, 5.41) is 2.79. The molecule has 18 heavy (non-hydrogen) atoms. The van der Waals surface area contributed by atoms with Crippen molar-refractivity contribution in [1.29, 1.82) is 0 Å². The second-order valence-electron chi connectivity index (χ2n) is 4.74. The maximum atomic E-state index is 12.2. The van der Waals surface area contributed by atoms with Gasteiger partial charge in [0.15, 0.2) is 5.78 Å². The predicted molar refractivity (Wildman–Crippen MR) is 65.8 cm³/mol. The number of hydrogen-bond donors (Lipinski definition) is 1. The van der Waals surface area contributed by atoms with Crippen LogP contribution in [0.1, 0.15) is 39.1 Å². The SMILES string of the molecule is O=C1NCCc2ccc(C(=O)C3CCCO3)cc21. The van der Waals surface area contributed by atoms with Gasteiger partial charge in [-0.3, -0.25) is 9.59 Å². The third-order valence-electron chi connectivity index (χ3n) is 3.54. The average molecular weight is 245 g/mol. The van der Waals surface area contributed by atoms with E-state index in [1.165, 1.54) is 0 Å². The molecule has 0 aliphatic carbocycles. The monoisotopic (exact) mass is 245 g/mol. The van der Waals surface area contributed by atoms with Crippen LogP contribution in [0.4, 0.5) is 0 Å². The summed E-state index contributed by atoms with van der Waals surface area (Å²) in [4.78, 5) is 23.9. The smallest absolute Gasteiger partial charge is 0.251 e. The Morgan fingerprint density at radius 3 is 3.06 bits per heavy atom. The van der Waals surface area contributed by atoms with Crippen molar-refractivity contribution in [3.05, 3.63) is 34.9 Å². The lowest BCUT2D eigenvalue weighted by atomic mass is 9.95. The molecule has 1 aromatic carbocycles. The molecule has 3 rings (SSSR count). The van der Waals surface area contributed by atoms with Gasteiger partial charge in [-0.1, -0.05) is 12.1 Å². The van der Waals surface area contributed by atoms with Gasteiger partial charge in [-0.05, 0) is 30.9 Å². The van der Waals surface area contributed by atoms with Gasteiger partial charge in [-0.25, -0.2) is 0 Å². The van der Waals surface area contributed by atoms with Gasteiger partial charge in [0.05, 0.1) is 0 Å². The molecule has 2 aliphatic rings. The lowest BCUT2D eigenvalue weighted by molar-refractivity contribution is 0.0643. The molecule has 0 spiro atoms. The molecule has 2 heterocycles. The van der Waals surface area contributed by atoms with E-state index in [1.54, 1.807) is 12.1 Å². The van der Waals surface area contributed by atoms with Crippen LogP contribution < -0.4 is 5.32 Å². The zero-order valence-corrected chi connectivity index (χ0v) is 10.1. The molecular weight excluding hydrogens is 230 g/mol. The Morgan fingerprint density at radius 2 is 2.28 bits per heavy atom. The van der Waals surface area contributed by atoms with E-state index in [9.17, 15) is 9.59 Å². The number of hydrogen-bond acceptors (Lipinski definition) is 3. The highest BCUT2D eigenvalue weighted by molar-refractivity contribution is 6.03. The molecule has 2 aliphatic heterocycles. The zero-order valence-electron chi connectivity index (χ0n) is 10.1. The van der Waals surface area contributed by atoms with Gasteiger partial charge in [0.1, 0.15) is 6.10 Å². The first-order chi connectivity index (χ1) is 8.75. The standard InChI is InChI=1S/C14H15NO3/c16-13(12-2-1-7-18-12)10-4-3-9-5-6-15-14(17)11(9)8-10/h3-4,8,12H,1-2,5-7H2,(H,15,17). The normalized spacial score (nSPS) is 22.4. The maximum Gasteiger partial charge on any atom is 0.251 e. The van der Waals surface area contributed by atoms with E-state index < -0.39 is 0 Å². The number of ether oxygens (including phenoxy) is 1. The molecule has 1 saturated heterocycles. The van der Waals surface area contributed by atoms with Crippen molar-refractivity contribution in [2.45, 2.75) is 25.4 Å². The molecule has 1 amide bonds. The van der Waals surface area contributed by atoms with E-state index in [-0.39, 0.29) is 17.8 Å². The Morgan fingerprint density at radius 1 is 1.39 bits per heavy atom. The molecule has 1 unspecified atom stereocenters. The highest BCUT2D eigenvalue weighted by Gasteiger charge is 2.26. The van der Waals surface area contributed by atoms with Crippen LogP contribution in [0.25, 0.3) is 0 Å². The fourth-order valence-corrected chi connectivity index (χ4v) is 2.54. The molecule has 4 nitrogen and oxygen atoms in total. The van der Waals surface area contributed by atoms with E-state index in [0.717, 1.165) is 24.8 Å². The summed E-state index contributed by atoms with van der Waals surface area (Å²) in [6.45, 7) is 1.33. The highest BCUT2D eigenvalue weighted by Crippen LogP contribution is 2.21. The van der Waals surface area contributed by atoms with Crippen LogP contribution in [0.2, 0.25) is 0 Å². The lowest BCUT2D eigenvalue weighted by Crippen LogP contribution is -2.32. The molecule has 0 radical (unpaired) electrons. The third-order valence-corrected chi connectivity index (χ3v) is 3.54. The van der Waals surface area contributed by atoms with Crippen molar-refractivity contribution in [3.63, 3.8) is 0 Å². The Hall–Kier alpha value is -1.68. The predicted octanol–water partition coefficient (Wildman–Crippen LogP) is 1.33. The van der Waals surface area contributed by atoms with E-state index in [1.807, 2.05) is 6.07 Å². The van der Waals surface area contributed by atoms with Crippen molar-refractivity contribution >= 4 is 11.7 Å². The highest BCUT2D eigenvalue weighted by atomic mass is 16.5. The van der Waals surface area contributed by atoms with Gasteiger partial charge in [0.25, 0.3) is 5.91 Å². The Labute approximate surface area is 105 Å². The van der Waals surface area contributed by atoms with E-state index in [4.69, 9.17) is 4.74 Å². The van der Waals surface area contributed by atoms with Gasteiger partial charge in [-0.15, -0.1) is 0 Å². The lowest BCUT2D eigenvalue weighted by Gasteiger charge is -2.17. The summed E-state index contributed by atoms with van der Waals surface area (Å²) in [6, 6.07) is 5.39. The Bertz CT molecular complexity index is 504. The van der Waals surface area contributed by atoms with Crippen molar-refractivity contribution in [2.75, 3.05) is 13.2 Å². The van der Waals surface area contributed by atoms with Crippen LogP contribution in [-0.4, -0.2) is 30.9 Å². The topological polar surface area (TPSA) is 55.4 Å². The first kappa shape index (κ1) is 11.4. The van der Waals surface area contributed by atoms with Crippen LogP contribution in [0.15, 0.2) is 18.2 Å². The minimum atomic E-state index is -0.324. The average Bonchev–Trinajstić information content (AvgIpc) is 2.92. The molecule has 4 heteroatoms. The first-order valence-electron chi connectivity index (χ1n) is 6.32. The molecule has 0 saturated carbocycles. The number of fused-ring (bicyclic) bond motifs is 1. The van der Waals surface area contributed by atoms with Crippen molar-refractivity contribution in [3.8, 4) is 0 Å². The largest absolute Gasteiger partial charge is 0.370 e. The Balaban J connectivity index is 1.91. The van der Waals surface area contributed by atoms with Crippen LogP contribution in [0.5, 0.6) is 0 Å². The first-order valence-corrected chi connectivity index (χ1v) is 6.32. The van der Waals surface area contributed by atoms with E-state index in [0.29, 0.717) is 24.3 Å². The molecule has 1 aromatic rings. The number of carbonyl (C=O) groups is 2. The number of carbonyl (C=O) groups excluding carboxylic acids is 2. The summed E-state index contributed by atoms with van der Waals surface area (Å²) in [6.07, 6.45) is 2.22. The van der Waals surface area contributed by atoms with Gasteiger partial charge >= 0.3 is 0 Å². The zero-order chi connectivity index (χ0) is 12.5. The van der Waals surface area contributed by atoms with Crippen LogP contribution in [-0.2, 0) is 11.2 Å². The van der Waals surface area contributed by atoms with Gasteiger partial charge in [-0.2, -0.15) is 0 Å². The second-order valence-corrected chi connectivity index (χ2v) is 4.74. The summed E-state index contributed by atoms with van der Waals surface area (Å²) >= 11 is 0. The number of amides is 1. The summed E-state index contributed by atoms with van der Waals surface area (Å²) < 4.78 is 5.39. The number of benzene rings is 1. The van der Waals surface area contributed by atoms with Crippen molar-refractivity contribution in [1.82, 2.24) is 5.32 Å². The summed E-state index contributed by atoms with van der Waals surface area (Å²) in [7, 11) is 0. The second kappa shape index (κ2) is 4.53.